The highest BCUT2D eigenvalue weighted by molar-refractivity contribution is 7.22. The Morgan fingerprint density at radius 2 is 1.32 bits per heavy atom. The summed E-state index contributed by atoms with van der Waals surface area (Å²) in [6.45, 7) is 0. The van der Waals surface area contributed by atoms with E-state index >= 15 is 0 Å². The summed E-state index contributed by atoms with van der Waals surface area (Å²) in [4.78, 5) is 43.3. The molecule has 0 saturated carbocycles. The fraction of sp³-hybridized carbons (Fsp3) is 0.0645. The molecule has 1 N–H and O–H groups in total. The van der Waals surface area contributed by atoms with E-state index in [0.717, 1.165) is 10.3 Å². The number of carbonyl (C=O) groups excluding carboxylic acids is 2. The summed E-state index contributed by atoms with van der Waals surface area (Å²) < 4.78 is 0.804. The van der Waals surface area contributed by atoms with Crippen molar-refractivity contribution in [1.82, 2.24) is 5.32 Å². The molecule has 0 fully saturated rings. The van der Waals surface area contributed by atoms with Crippen LogP contribution >= 0.6 is 11.3 Å². The lowest BCUT2D eigenvalue weighted by atomic mass is 9.81. The molecule has 0 radical (unpaired) electrons. The van der Waals surface area contributed by atoms with Gasteiger partial charge in [-0.1, -0.05) is 78.9 Å². The van der Waals surface area contributed by atoms with Gasteiger partial charge in [-0.05, 0) is 42.0 Å². The lowest BCUT2D eigenvalue weighted by Crippen LogP contribution is -2.54. The van der Waals surface area contributed by atoms with Gasteiger partial charge >= 0.3 is 0 Å². The van der Waals surface area contributed by atoms with Crippen molar-refractivity contribution in [2.45, 2.75) is 12.0 Å². The standard InChI is InChI=1S/C31H22N2O3S/c34-28-23-18-10-11-19-24(23)37-31-26(28)25(20-12-4-1-5-13-20)27(32-29(35)21-14-6-2-7-15-21)30(36)33(31)22-16-8-3-9-17-22/h1-19,25,27H,(H,32,35)/t25-,27-/m1/s1. The molecule has 0 saturated heterocycles. The van der Waals surface area contributed by atoms with E-state index in [4.69, 9.17) is 0 Å². The zero-order valence-electron chi connectivity index (χ0n) is 19.7. The quantitative estimate of drug-likeness (QED) is 0.334. The molecule has 37 heavy (non-hydrogen) atoms. The molecule has 5 nitrogen and oxygen atoms in total. The first-order chi connectivity index (χ1) is 18.1. The van der Waals surface area contributed by atoms with Crippen molar-refractivity contribution in [3.8, 4) is 0 Å². The normalized spacial score (nSPS) is 16.9. The Kier molecular flexibility index (Phi) is 5.87. The summed E-state index contributed by atoms with van der Waals surface area (Å²) in [5.74, 6) is -1.30. The maximum atomic E-state index is 14.3. The largest absolute Gasteiger partial charge is 0.339 e. The van der Waals surface area contributed by atoms with Crippen molar-refractivity contribution >= 4 is 43.9 Å². The molecular formula is C31H22N2O3S. The molecule has 0 spiro atoms. The minimum atomic E-state index is -0.983. The minimum absolute atomic E-state index is 0.134. The number of hydrogen-bond donors (Lipinski definition) is 1. The lowest BCUT2D eigenvalue weighted by molar-refractivity contribution is -0.120. The van der Waals surface area contributed by atoms with Crippen LogP contribution in [0.5, 0.6) is 0 Å². The van der Waals surface area contributed by atoms with Gasteiger partial charge in [0, 0.05) is 32.8 Å². The predicted octanol–water partition coefficient (Wildman–Crippen LogP) is 5.87. The number of carbonyl (C=O) groups is 2. The van der Waals surface area contributed by atoms with Gasteiger partial charge in [-0.3, -0.25) is 19.3 Å². The fourth-order valence-corrected chi connectivity index (χ4v) is 6.18. The molecule has 6 rings (SSSR count). The van der Waals surface area contributed by atoms with Crippen LogP contribution < -0.4 is 15.6 Å². The van der Waals surface area contributed by atoms with Crippen LogP contribution in [-0.4, -0.2) is 17.9 Å². The molecule has 0 aliphatic carbocycles. The van der Waals surface area contributed by atoms with E-state index in [2.05, 4.69) is 5.32 Å². The van der Waals surface area contributed by atoms with E-state index in [-0.39, 0.29) is 17.2 Å². The van der Waals surface area contributed by atoms with Crippen molar-refractivity contribution in [1.29, 1.82) is 0 Å². The third-order valence-electron chi connectivity index (χ3n) is 6.64. The molecule has 0 bridgehead atoms. The Labute approximate surface area is 217 Å². The minimum Gasteiger partial charge on any atom is -0.339 e. The van der Waals surface area contributed by atoms with Crippen molar-refractivity contribution in [2.75, 3.05) is 4.90 Å². The van der Waals surface area contributed by atoms with Crippen molar-refractivity contribution in [3.05, 3.63) is 142 Å². The Hall–Kier alpha value is -4.55. The summed E-state index contributed by atoms with van der Waals surface area (Å²) >= 11 is 1.42. The molecule has 6 heteroatoms. The van der Waals surface area contributed by atoms with Gasteiger partial charge in [-0.2, -0.15) is 0 Å². The smallest absolute Gasteiger partial charge is 0.255 e. The lowest BCUT2D eigenvalue weighted by Gasteiger charge is -2.39. The maximum absolute atomic E-state index is 14.3. The maximum Gasteiger partial charge on any atom is 0.255 e. The Bertz CT molecular complexity index is 1670. The molecule has 180 valence electrons. The van der Waals surface area contributed by atoms with Crippen LogP contribution in [0.4, 0.5) is 10.7 Å². The number of anilines is 2. The van der Waals surface area contributed by atoms with Crippen molar-refractivity contribution in [3.63, 3.8) is 0 Å². The number of para-hydroxylation sites is 1. The first-order valence-electron chi connectivity index (χ1n) is 12.0. The fourth-order valence-electron chi connectivity index (χ4n) is 4.93. The van der Waals surface area contributed by atoms with E-state index in [0.29, 0.717) is 27.2 Å². The van der Waals surface area contributed by atoms with Crippen LogP contribution in [0, 0.1) is 0 Å². The molecular weight excluding hydrogens is 480 g/mol. The zero-order valence-corrected chi connectivity index (χ0v) is 20.5. The highest BCUT2D eigenvalue weighted by Crippen LogP contribution is 2.45. The molecule has 5 aromatic rings. The van der Waals surface area contributed by atoms with Gasteiger partial charge in [0.1, 0.15) is 11.0 Å². The van der Waals surface area contributed by atoms with E-state index in [1.165, 1.54) is 11.3 Å². The summed E-state index contributed by atoms with van der Waals surface area (Å²) in [7, 11) is 0. The van der Waals surface area contributed by atoms with Crippen LogP contribution in [0.25, 0.3) is 10.1 Å². The van der Waals surface area contributed by atoms with Gasteiger partial charge in [-0.15, -0.1) is 11.3 Å². The number of hydrogen-bond acceptors (Lipinski definition) is 4. The Morgan fingerprint density at radius 1 is 0.730 bits per heavy atom. The van der Waals surface area contributed by atoms with E-state index in [1.807, 2.05) is 91.0 Å². The summed E-state index contributed by atoms with van der Waals surface area (Å²) in [5, 5.41) is 4.17. The second kappa shape index (κ2) is 9.48. The van der Waals surface area contributed by atoms with Gasteiger partial charge < -0.3 is 5.32 Å². The molecule has 2 heterocycles. The summed E-state index contributed by atoms with van der Waals surface area (Å²) in [6, 6.07) is 34.0. The highest BCUT2D eigenvalue weighted by Gasteiger charge is 2.45. The number of rotatable bonds is 4. The van der Waals surface area contributed by atoms with E-state index in [1.54, 1.807) is 29.2 Å². The average molecular weight is 503 g/mol. The van der Waals surface area contributed by atoms with Crippen LogP contribution in [0.15, 0.2) is 120 Å². The van der Waals surface area contributed by atoms with Gasteiger partial charge in [0.15, 0.2) is 5.43 Å². The third-order valence-corrected chi connectivity index (χ3v) is 7.81. The van der Waals surface area contributed by atoms with Crippen molar-refractivity contribution in [2.24, 2.45) is 0 Å². The van der Waals surface area contributed by atoms with Crippen LogP contribution in [0.3, 0.4) is 0 Å². The molecule has 1 aliphatic heterocycles. The van der Waals surface area contributed by atoms with E-state index < -0.39 is 12.0 Å². The van der Waals surface area contributed by atoms with Crippen LogP contribution in [-0.2, 0) is 4.79 Å². The van der Waals surface area contributed by atoms with Crippen molar-refractivity contribution < 1.29 is 9.59 Å². The second-order valence-corrected chi connectivity index (χ2v) is 9.89. The second-order valence-electron chi connectivity index (χ2n) is 8.86. The highest BCUT2D eigenvalue weighted by atomic mass is 32.1. The number of fused-ring (bicyclic) bond motifs is 2. The molecule has 2 amide bonds. The first kappa shape index (κ1) is 22.9. The Balaban J connectivity index is 1.62. The van der Waals surface area contributed by atoms with E-state index in [9.17, 15) is 14.4 Å². The number of nitrogens with zero attached hydrogens (tertiary/aromatic N) is 1. The predicted molar refractivity (Wildman–Crippen MR) is 148 cm³/mol. The van der Waals surface area contributed by atoms with Crippen LogP contribution in [0.1, 0.15) is 27.4 Å². The number of nitrogens with one attached hydrogen (secondary N) is 1. The summed E-state index contributed by atoms with van der Waals surface area (Å²) in [6.07, 6.45) is 0. The number of benzene rings is 4. The molecule has 0 unspecified atom stereocenters. The monoisotopic (exact) mass is 502 g/mol. The topological polar surface area (TPSA) is 66.5 Å². The first-order valence-corrected chi connectivity index (χ1v) is 12.8. The Morgan fingerprint density at radius 3 is 2.03 bits per heavy atom. The average Bonchev–Trinajstić information content (AvgIpc) is 2.95. The SMILES string of the molecule is O=C(N[C@H]1C(=O)N(c2ccccc2)c2sc3ccccc3c(=O)c2[C@H]1c1ccccc1)c1ccccc1. The zero-order chi connectivity index (χ0) is 25.4. The molecule has 2 atom stereocenters. The number of amides is 2. The third kappa shape index (κ3) is 4.01. The van der Waals surface area contributed by atoms with Gasteiger partial charge in [0.2, 0.25) is 0 Å². The molecule has 1 aromatic heterocycles. The van der Waals surface area contributed by atoms with Gasteiger partial charge in [0.05, 0.1) is 0 Å². The molecule has 4 aromatic carbocycles. The van der Waals surface area contributed by atoms with Crippen LogP contribution in [0.2, 0.25) is 0 Å². The molecule has 1 aliphatic rings. The van der Waals surface area contributed by atoms with Gasteiger partial charge in [-0.25, -0.2) is 0 Å². The summed E-state index contributed by atoms with van der Waals surface area (Å²) in [5.41, 5.74) is 2.26. The van der Waals surface area contributed by atoms with Gasteiger partial charge in [0.25, 0.3) is 11.8 Å².